The average Bonchev–Trinajstić information content (AvgIpc) is 3.21. The first kappa shape index (κ1) is 35.8. The standard InChI is InChI=1S/C17H15.C9H13.2CH3.2ClH.Si.Zr/c1-12-6-5-7-13(2)17(12)16-11-10-14-8-3-4-9-15(14)16;1-6-5-7(2)9(4)8(6)3;;;;;;/h3-11H,1-2H3;6H,1-4H3;2*1H3;2*1H;;/q4*-1;;;;. The van der Waals surface area contributed by atoms with Crippen molar-refractivity contribution in [1.29, 1.82) is 0 Å². The van der Waals surface area contributed by atoms with Crippen LogP contribution in [0, 0.1) is 40.7 Å². The molecule has 174 valence electrons. The molecule has 0 bridgehead atoms. The molecule has 3 aromatic rings. The Morgan fingerprint density at radius 1 is 0.844 bits per heavy atom. The number of allylic oxidation sites excluding steroid dienone is 4. The molecule has 0 nitrogen and oxygen atoms in total. The van der Waals surface area contributed by atoms with Crippen LogP contribution in [0.4, 0.5) is 0 Å². The van der Waals surface area contributed by atoms with Crippen molar-refractivity contribution in [2.45, 2.75) is 41.5 Å². The molecule has 3 aromatic carbocycles. The molecule has 0 amide bonds. The molecule has 0 saturated carbocycles. The molecule has 0 heterocycles. The second-order valence-electron chi connectivity index (χ2n) is 7.40. The van der Waals surface area contributed by atoms with Crippen LogP contribution in [0.25, 0.3) is 21.9 Å². The molecule has 4 rings (SSSR count). The minimum absolute atomic E-state index is 0. The molecule has 0 spiro atoms. The third-order valence-corrected chi connectivity index (χ3v) is 5.67. The summed E-state index contributed by atoms with van der Waals surface area (Å²) in [7, 11) is 0. The van der Waals surface area contributed by atoms with Gasteiger partial charge in [-0.25, -0.2) is 5.57 Å². The van der Waals surface area contributed by atoms with Crippen molar-refractivity contribution in [3.8, 4) is 11.1 Å². The number of aryl methyl sites for hydroxylation is 2. The van der Waals surface area contributed by atoms with Gasteiger partial charge in [0.2, 0.25) is 0 Å². The molecule has 1 atom stereocenters. The van der Waals surface area contributed by atoms with Crippen molar-refractivity contribution in [1.82, 2.24) is 0 Å². The van der Waals surface area contributed by atoms with Gasteiger partial charge in [-0.1, -0.05) is 67.6 Å². The zero-order valence-corrected chi connectivity index (χ0v) is 25.7. The molecule has 4 heteroatoms. The Bertz CT molecular complexity index is 1010. The van der Waals surface area contributed by atoms with E-state index in [0.29, 0.717) is 5.92 Å². The summed E-state index contributed by atoms with van der Waals surface area (Å²) in [5.41, 5.74) is 9.68. The van der Waals surface area contributed by atoms with Crippen molar-refractivity contribution >= 4 is 42.5 Å². The van der Waals surface area contributed by atoms with Crippen molar-refractivity contribution in [2.24, 2.45) is 5.92 Å². The van der Waals surface area contributed by atoms with Gasteiger partial charge in [0, 0.05) is 0 Å². The predicted octanol–water partition coefficient (Wildman–Crippen LogP) is 8.93. The van der Waals surface area contributed by atoms with Crippen LogP contribution >= 0.6 is 24.8 Å². The molecule has 1 unspecified atom stereocenters. The average molecular weight is 563 g/mol. The van der Waals surface area contributed by atoms with E-state index in [1.54, 1.807) is 0 Å². The van der Waals surface area contributed by atoms with E-state index in [-0.39, 0.29) is 39.7 Å². The molecule has 0 N–H and O–H groups in total. The summed E-state index contributed by atoms with van der Waals surface area (Å²) in [6.07, 6.45) is 3.36. The molecule has 32 heavy (non-hydrogen) atoms. The first-order chi connectivity index (χ1) is 13.4. The van der Waals surface area contributed by atoms with Gasteiger partial charge in [0.1, 0.15) is 0 Å². The Morgan fingerprint density at radius 2 is 1.38 bits per heavy atom. The van der Waals surface area contributed by atoms with Gasteiger partial charge in [0.25, 0.3) is 0 Å². The Hall–Kier alpha value is -0.790. The maximum atomic E-state index is 3.36. The van der Waals surface area contributed by atoms with Crippen LogP contribution in [-0.2, 0) is 23.3 Å². The van der Waals surface area contributed by atoms with E-state index < -0.39 is 0 Å². The minimum atomic E-state index is 0. The van der Waals surface area contributed by atoms with Crippen molar-refractivity contribution in [3.05, 3.63) is 103 Å². The Balaban J connectivity index is -0.000000490. The fraction of sp³-hybridized carbons (Fsp3) is 0.250. The van der Waals surface area contributed by atoms with Gasteiger partial charge in [-0.2, -0.15) is 11.1 Å². The van der Waals surface area contributed by atoms with Gasteiger partial charge in [-0.05, 0) is 13.8 Å². The van der Waals surface area contributed by atoms with Crippen LogP contribution in [0.15, 0.2) is 71.3 Å². The van der Waals surface area contributed by atoms with Crippen LogP contribution in [0.2, 0.25) is 0 Å². The van der Waals surface area contributed by atoms with E-state index in [9.17, 15) is 0 Å². The third-order valence-electron chi connectivity index (χ3n) is 5.67. The summed E-state index contributed by atoms with van der Waals surface area (Å²) in [6.45, 7) is 16.1. The molecule has 1 aliphatic carbocycles. The predicted molar refractivity (Wildman–Crippen MR) is 147 cm³/mol. The molecular weight excluding hydrogens is 527 g/mol. The second-order valence-corrected chi connectivity index (χ2v) is 7.40. The number of hydrogen-bond donors (Lipinski definition) is 0. The zero-order chi connectivity index (χ0) is 20.8. The number of fused-ring (bicyclic) bond motifs is 1. The van der Waals surface area contributed by atoms with Gasteiger partial charge in [0.05, 0.1) is 0 Å². The van der Waals surface area contributed by atoms with E-state index in [2.05, 4.69) is 109 Å². The van der Waals surface area contributed by atoms with Gasteiger partial charge in [0.15, 0.2) is 0 Å². The van der Waals surface area contributed by atoms with Gasteiger partial charge in [-0.15, -0.1) is 78.4 Å². The summed E-state index contributed by atoms with van der Waals surface area (Å²) < 4.78 is 0. The maximum absolute atomic E-state index is 3.36. The SMILES string of the molecule is CC1=[C-]C(C)C(C)=C1C.Cc1cccc(C)c1-c1c[cH-]c2ccccc12.Cl.Cl.[CH3-].[CH3-].[Si]=[Zr]. The topological polar surface area (TPSA) is 0 Å². The van der Waals surface area contributed by atoms with Gasteiger partial charge < -0.3 is 14.9 Å². The molecule has 0 fully saturated rings. The van der Waals surface area contributed by atoms with Crippen LogP contribution in [-0.4, -0.2) is 6.88 Å². The van der Waals surface area contributed by atoms with Gasteiger partial charge >= 0.3 is 30.2 Å². The van der Waals surface area contributed by atoms with E-state index in [1.165, 1.54) is 73.1 Å². The van der Waals surface area contributed by atoms with E-state index >= 15 is 0 Å². The van der Waals surface area contributed by atoms with E-state index in [0.717, 1.165) is 0 Å². The van der Waals surface area contributed by atoms with Crippen LogP contribution in [0.1, 0.15) is 38.8 Å². The van der Waals surface area contributed by atoms with E-state index in [4.69, 9.17) is 0 Å². The number of hydrogen-bond acceptors (Lipinski definition) is 0. The Morgan fingerprint density at radius 3 is 1.81 bits per heavy atom. The molecular formula is C28H36Cl2SiZr-4. The zero-order valence-electron chi connectivity index (χ0n) is 20.6. The fourth-order valence-electron chi connectivity index (χ4n) is 3.77. The van der Waals surface area contributed by atoms with Crippen LogP contribution in [0.3, 0.4) is 0 Å². The molecule has 0 aromatic heterocycles. The van der Waals surface area contributed by atoms with Crippen molar-refractivity contribution in [2.75, 3.05) is 0 Å². The number of benzene rings is 2. The fourth-order valence-corrected chi connectivity index (χ4v) is 3.77. The number of halogens is 2. The Kier molecular flexibility index (Phi) is 18.8. The molecule has 1 aliphatic rings. The van der Waals surface area contributed by atoms with Crippen LogP contribution in [0.5, 0.6) is 0 Å². The van der Waals surface area contributed by atoms with E-state index in [1.807, 2.05) is 0 Å². The summed E-state index contributed by atoms with van der Waals surface area (Å²) in [6, 6.07) is 19.5. The van der Waals surface area contributed by atoms with Crippen molar-refractivity contribution in [3.63, 3.8) is 0 Å². The molecule has 0 aliphatic heterocycles. The first-order valence-electron chi connectivity index (χ1n) is 9.64. The van der Waals surface area contributed by atoms with Crippen LogP contribution < -0.4 is 0 Å². The molecule has 2 radical (unpaired) electrons. The number of rotatable bonds is 1. The summed E-state index contributed by atoms with van der Waals surface area (Å²) in [5, 5.41) is 2.68. The monoisotopic (exact) mass is 560 g/mol. The quantitative estimate of drug-likeness (QED) is 0.205. The summed E-state index contributed by atoms with van der Waals surface area (Å²) in [5.74, 6) is 0.560. The first-order valence-corrected chi connectivity index (χ1v) is 13.8. The Labute approximate surface area is 226 Å². The van der Waals surface area contributed by atoms with Crippen molar-refractivity contribution < 1.29 is 23.3 Å². The summed E-state index contributed by atoms with van der Waals surface area (Å²) >= 11 is 1.36. The second kappa shape index (κ2) is 16.8. The normalized spacial score (nSPS) is 13.5. The third kappa shape index (κ3) is 8.21. The summed E-state index contributed by atoms with van der Waals surface area (Å²) in [4.78, 5) is 0. The van der Waals surface area contributed by atoms with Gasteiger partial charge in [-0.3, -0.25) is 6.08 Å². The molecule has 0 saturated heterocycles.